The smallest absolute Gasteiger partial charge is 0.231 e. The van der Waals surface area contributed by atoms with E-state index in [1.165, 1.54) is 0 Å². The molecule has 1 aliphatic rings. The van der Waals surface area contributed by atoms with Crippen molar-refractivity contribution in [3.63, 3.8) is 0 Å². The summed E-state index contributed by atoms with van der Waals surface area (Å²) in [6, 6.07) is 23.8. The minimum Gasteiger partial charge on any atom is -0.497 e. The molecule has 0 bridgehead atoms. The molecule has 3 aromatic carbocycles. The van der Waals surface area contributed by atoms with E-state index in [1.807, 2.05) is 66.7 Å². The lowest BCUT2D eigenvalue weighted by Gasteiger charge is -2.26. The largest absolute Gasteiger partial charge is 0.497 e. The first-order chi connectivity index (χ1) is 14.2. The Morgan fingerprint density at radius 1 is 0.897 bits per heavy atom. The molecule has 0 aromatic heterocycles. The van der Waals surface area contributed by atoms with Crippen LogP contribution >= 0.6 is 0 Å². The van der Waals surface area contributed by atoms with Gasteiger partial charge in [-0.1, -0.05) is 48.5 Å². The summed E-state index contributed by atoms with van der Waals surface area (Å²) in [5.74, 6) is 2.37. The Kier molecular flexibility index (Phi) is 5.98. The highest BCUT2D eigenvalue weighted by atomic mass is 16.7. The van der Waals surface area contributed by atoms with E-state index in [4.69, 9.17) is 14.2 Å². The number of aliphatic hydroxyl groups excluding tert-OH is 1. The van der Waals surface area contributed by atoms with Gasteiger partial charge in [0.05, 0.1) is 13.2 Å². The van der Waals surface area contributed by atoms with Gasteiger partial charge in [-0.2, -0.15) is 0 Å². The van der Waals surface area contributed by atoms with Crippen LogP contribution in [-0.4, -0.2) is 30.5 Å². The molecule has 5 nitrogen and oxygen atoms in total. The molecule has 4 rings (SSSR count). The molecule has 0 spiro atoms. The predicted octanol–water partition coefficient (Wildman–Crippen LogP) is 4.16. The van der Waals surface area contributed by atoms with Crippen LogP contribution in [0.2, 0.25) is 0 Å². The van der Waals surface area contributed by atoms with Crippen LogP contribution in [0.25, 0.3) is 0 Å². The number of aliphatic hydroxyl groups is 1. The minimum atomic E-state index is -0.573. The lowest BCUT2D eigenvalue weighted by Crippen LogP contribution is -2.28. The molecule has 0 saturated heterocycles. The fraction of sp³-hybridized carbons (Fsp3) is 0.250. The van der Waals surface area contributed by atoms with Gasteiger partial charge in [-0.25, -0.2) is 0 Å². The van der Waals surface area contributed by atoms with Crippen molar-refractivity contribution in [1.29, 1.82) is 0 Å². The van der Waals surface area contributed by atoms with E-state index in [2.05, 4.69) is 11.0 Å². The summed E-state index contributed by atoms with van der Waals surface area (Å²) in [4.78, 5) is 2.23. The molecule has 3 aromatic rings. The summed E-state index contributed by atoms with van der Waals surface area (Å²) >= 11 is 0. The van der Waals surface area contributed by atoms with Gasteiger partial charge in [-0.15, -0.1) is 0 Å². The topological polar surface area (TPSA) is 51.2 Å². The number of benzene rings is 3. The molecule has 0 aliphatic carbocycles. The van der Waals surface area contributed by atoms with Gasteiger partial charge in [-0.05, 0) is 41.0 Å². The highest BCUT2D eigenvalue weighted by molar-refractivity contribution is 5.44. The fourth-order valence-corrected chi connectivity index (χ4v) is 3.54. The second kappa shape index (κ2) is 8.99. The summed E-state index contributed by atoms with van der Waals surface area (Å²) in [6.45, 7) is 2.14. The summed E-state index contributed by atoms with van der Waals surface area (Å²) in [7, 11) is 1.67. The van der Waals surface area contributed by atoms with Gasteiger partial charge >= 0.3 is 0 Å². The Balaban J connectivity index is 1.54. The number of hydrogen-bond donors (Lipinski definition) is 1. The van der Waals surface area contributed by atoms with Gasteiger partial charge in [0, 0.05) is 19.6 Å². The molecule has 0 radical (unpaired) electrons. The van der Waals surface area contributed by atoms with Crippen LogP contribution in [0.15, 0.2) is 72.8 Å². The molecule has 1 aliphatic heterocycles. The summed E-state index contributed by atoms with van der Waals surface area (Å²) in [5, 5.41) is 10.8. The molecule has 29 heavy (non-hydrogen) atoms. The number of methoxy groups -OCH3 is 1. The molecule has 0 amide bonds. The quantitative estimate of drug-likeness (QED) is 0.625. The van der Waals surface area contributed by atoms with Crippen molar-refractivity contribution in [2.75, 3.05) is 20.4 Å². The van der Waals surface area contributed by atoms with Crippen molar-refractivity contribution in [2.45, 2.75) is 19.2 Å². The monoisotopic (exact) mass is 391 g/mol. The van der Waals surface area contributed by atoms with E-state index < -0.39 is 6.10 Å². The van der Waals surface area contributed by atoms with Gasteiger partial charge in [0.2, 0.25) is 6.79 Å². The Bertz CT molecular complexity index is 945. The summed E-state index contributed by atoms with van der Waals surface area (Å²) in [5.41, 5.74) is 3.15. The zero-order chi connectivity index (χ0) is 20.1. The Morgan fingerprint density at radius 3 is 2.45 bits per heavy atom. The molecule has 5 heteroatoms. The van der Waals surface area contributed by atoms with Crippen LogP contribution in [0.5, 0.6) is 17.2 Å². The third-order valence-electron chi connectivity index (χ3n) is 5.00. The SMILES string of the molecule is COc1cccc(CN(Cc2ccc3c(c2)OCO3)CC(O)c2ccccc2)c1. The van der Waals surface area contributed by atoms with E-state index in [0.717, 1.165) is 33.9 Å². The molecule has 150 valence electrons. The van der Waals surface area contributed by atoms with Crippen molar-refractivity contribution in [3.05, 3.63) is 89.5 Å². The molecular formula is C24H25NO4. The van der Waals surface area contributed by atoms with Crippen molar-refractivity contribution >= 4 is 0 Å². The minimum absolute atomic E-state index is 0.263. The zero-order valence-corrected chi connectivity index (χ0v) is 16.5. The van der Waals surface area contributed by atoms with E-state index in [9.17, 15) is 5.11 Å². The van der Waals surface area contributed by atoms with Crippen LogP contribution in [0.3, 0.4) is 0 Å². The van der Waals surface area contributed by atoms with E-state index >= 15 is 0 Å². The van der Waals surface area contributed by atoms with Crippen LogP contribution < -0.4 is 14.2 Å². The highest BCUT2D eigenvalue weighted by Gasteiger charge is 2.18. The average Bonchev–Trinajstić information content (AvgIpc) is 3.22. The molecule has 1 heterocycles. The Hall–Kier alpha value is -3.02. The first-order valence-electron chi connectivity index (χ1n) is 9.68. The number of nitrogens with zero attached hydrogens (tertiary/aromatic N) is 1. The number of hydrogen-bond acceptors (Lipinski definition) is 5. The second-order valence-corrected chi connectivity index (χ2v) is 7.14. The number of fused-ring (bicyclic) bond motifs is 1. The van der Waals surface area contributed by atoms with Gasteiger partial charge in [0.15, 0.2) is 11.5 Å². The third kappa shape index (κ3) is 4.88. The second-order valence-electron chi connectivity index (χ2n) is 7.14. The highest BCUT2D eigenvalue weighted by Crippen LogP contribution is 2.33. The van der Waals surface area contributed by atoms with Crippen molar-refractivity contribution in [1.82, 2.24) is 4.90 Å². The van der Waals surface area contributed by atoms with Crippen molar-refractivity contribution < 1.29 is 19.3 Å². The molecule has 1 atom stereocenters. The van der Waals surface area contributed by atoms with Crippen LogP contribution in [-0.2, 0) is 13.1 Å². The van der Waals surface area contributed by atoms with E-state index in [-0.39, 0.29) is 6.79 Å². The number of ether oxygens (including phenoxy) is 3. The summed E-state index contributed by atoms with van der Waals surface area (Å²) in [6.07, 6.45) is -0.573. The molecular weight excluding hydrogens is 366 g/mol. The van der Waals surface area contributed by atoms with Gasteiger partial charge in [-0.3, -0.25) is 4.90 Å². The lowest BCUT2D eigenvalue weighted by atomic mass is 10.1. The van der Waals surface area contributed by atoms with Crippen LogP contribution in [0.1, 0.15) is 22.8 Å². The summed E-state index contributed by atoms with van der Waals surface area (Å²) < 4.78 is 16.3. The van der Waals surface area contributed by atoms with Crippen molar-refractivity contribution in [3.8, 4) is 17.2 Å². The molecule has 1 N–H and O–H groups in total. The normalized spacial score (nSPS) is 13.5. The lowest BCUT2D eigenvalue weighted by molar-refractivity contribution is 0.105. The van der Waals surface area contributed by atoms with Crippen LogP contribution in [0.4, 0.5) is 0 Å². The molecule has 0 saturated carbocycles. The fourth-order valence-electron chi connectivity index (χ4n) is 3.54. The van der Waals surface area contributed by atoms with Gasteiger partial charge < -0.3 is 19.3 Å². The zero-order valence-electron chi connectivity index (χ0n) is 16.5. The van der Waals surface area contributed by atoms with Gasteiger partial charge in [0.1, 0.15) is 5.75 Å². The van der Waals surface area contributed by atoms with Crippen LogP contribution in [0, 0.1) is 0 Å². The maximum Gasteiger partial charge on any atom is 0.231 e. The molecule has 0 fully saturated rings. The van der Waals surface area contributed by atoms with E-state index in [1.54, 1.807) is 7.11 Å². The molecule has 1 unspecified atom stereocenters. The average molecular weight is 391 g/mol. The maximum absolute atomic E-state index is 10.8. The first kappa shape index (κ1) is 19.3. The van der Waals surface area contributed by atoms with E-state index in [0.29, 0.717) is 19.6 Å². The van der Waals surface area contributed by atoms with Gasteiger partial charge in [0.25, 0.3) is 0 Å². The number of rotatable bonds is 8. The Labute approximate surface area is 171 Å². The third-order valence-corrected chi connectivity index (χ3v) is 5.00. The predicted molar refractivity (Wildman–Crippen MR) is 111 cm³/mol. The van der Waals surface area contributed by atoms with Crippen molar-refractivity contribution in [2.24, 2.45) is 0 Å². The Morgan fingerprint density at radius 2 is 1.66 bits per heavy atom. The standard InChI is InChI=1S/C24H25NO4/c1-27-21-9-5-6-18(12-21)14-25(16-22(26)20-7-3-2-4-8-20)15-19-10-11-23-24(13-19)29-17-28-23/h2-13,22,26H,14-17H2,1H3. The maximum atomic E-state index is 10.8. The first-order valence-corrected chi connectivity index (χ1v) is 9.68.